The zero-order chi connectivity index (χ0) is 9.84. The lowest BCUT2D eigenvalue weighted by molar-refractivity contribution is 0.140. The molecule has 4 heteroatoms. The molecule has 0 aromatic carbocycles. The van der Waals surface area contributed by atoms with E-state index in [0.29, 0.717) is 17.1 Å². The number of rotatable bonds is 3. The van der Waals surface area contributed by atoms with Gasteiger partial charge in [-0.05, 0) is 18.6 Å². The van der Waals surface area contributed by atoms with Crippen molar-refractivity contribution in [2.24, 2.45) is 5.73 Å². The molecular formula is C9H13ClN2O. The summed E-state index contributed by atoms with van der Waals surface area (Å²) < 4.78 is 0. The zero-order valence-corrected chi connectivity index (χ0v) is 8.20. The Bertz CT molecular complexity index is 280. The topological polar surface area (TPSA) is 59.1 Å². The smallest absolute Gasteiger partial charge is 0.112 e. The predicted octanol–water partition coefficient (Wildman–Crippen LogP) is 1.51. The molecule has 2 unspecified atom stereocenters. The first-order valence-electron chi connectivity index (χ1n) is 4.21. The van der Waals surface area contributed by atoms with Crippen molar-refractivity contribution >= 4 is 11.6 Å². The Labute approximate surface area is 82.5 Å². The summed E-state index contributed by atoms with van der Waals surface area (Å²) in [7, 11) is 0. The highest BCUT2D eigenvalue weighted by Crippen LogP contribution is 2.22. The molecule has 0 aliphatic rings. The van der Waals surface area contributed by atoms with Gasteiger partial charge in [-0.2, -0.15) is 0 Å². The summed E-state index contributed by atoms with van der Waals surface area (Å²) in [6.07, 6.45) is 1.50. The van der Waals surface area contributed by atoms with E-state index in [-0.39, 0.29) is 6.04 Å². The highest BCUT2D eigenvalue weighted by atomic mass is 35.5. The van der Waals surface area contributed by atoms with E-state index >= 15 is 0 Å². The summed E-state index contributed by atoms with van der Waals surface area (Å²) in [5, 5.41) is 10.2. The van der Waals surface area contributed by atoms with Gasteiger partial charge in [0, 0.05) is 12.2 Å². The maximum Gasteiger partial charge on any atom is 0.112 e. The van der Waals surface area contributed by atoms with Crippen molar-refractivity contribution in [2.45, 2.75) is 25.5 Å². The molecule has 1 rings (SSSR count). The van der Waals surface area contributed by atoms with Gasteiger partial charge in [-0.3, -0.25) is 4.98 Å². The molecule has 0 spiro atoms. The van der Waals surface area contributed by atoms with Crippen LogP contribution in [0.5, 0.6) is 0 Å². The minimum atomic E-state index is -0.779. The van der Waals surface area contributed by atoms with Crippen molar-refractivity contribution in [3.63, 3.8) is 0 Å². The molecule has 0 aliphatic heterocycles. The lowest BCUT2D eigenvalue weighted by atomic mass is 10.1. The SMILES string of the molecule is CCC(N)C(O)c1ncccc1Cl. The lowest BCUT2D eigenvalue weighted by Gasteiger charge is -2.17. The van der Waals surface area contributed by atoms with Gasteiger partial charge in [0.05, 0.1) is 10.7 Å². The van der Waals surface area contributed by atoms with Gasteiger partial charge in [0.2, 0.25) is 0 Å². The number of aromatic nitrogens is 1. The highest BCUT2D eigenvalue weighted by molar-refractivity contribution is 6.31. The maximum absolute atomic E-state index is 9.70. The van der Waals surface area contributed by atoms with Crippen LogP contribution in [0.3, 0.4) is 0 Å². The summed E-state index contributed by atoms with van der Waals surface area (Å²) in [6, 6.07) is 3.10. The van der Waals surface area contributed by atoms with Gasteiger partial charge in [-0.1, -0.05) is 18.5 Å². The summed E-state index contributed by atoms with van der Waals surface area (Å²) in [6.45, 7) is 1.91. The van der Waals surface area contributed by atoms with Crippen molar-refractivity contribution in [1.82, 2.24) is 4.98 Å². The molecule has 0 saturated heterocycles. The molecule has 0 radical (unpaired) electrons. The van der Waals surface area contributed by atoms with Crippen LogP contribution in [0.4, 0.5) is 0 Å². The molecule has 72 valence electrons. The fourth-order valence-corrected chi connectivity index (χ4v) is 1.27. The van der Waals surface area contributed by atoms with Gasteiger partial charge in [0.15, 0.2) is 0 Å². The molecule has 3 nitrogen and oxygen atoms in total. The number of hydrogen-bond donors (Lipinski definition) is 2. The van der Waals surface area contributed by atoms with E-state index in [1.807, 2.05) is 6.92 Å². The van der Waals surface area contributed by atoms with Gasteiger partial charge >= 0.3 is 0 Å². The summed E-state index contributed by atoms with van der Waals surface area (Å²) in [4.78, 5) is 3.99. The maximum atomic E-state index is 9.70. The van der Waals surface area contributed by atoms with Crippen LogP contribution in [0, 0.1) is 0 Å². The van der Waals surface area contributed by atoms with E-state index < -0.39 is 6.10 Å². The predicted molar refractivity (Wildman–Crippen MR) is 52.5 cm³/mol. The number of aliphatic hydroxyl groups is 1. The number of nitrogens with zero attached hydrogens (tertiary/aromatic N) is 1. The molecule has 3 N–H and O–H groups in total. The fourth-order valence-electron chi connectivity index (χ4n) is 1.04. The minimum Gasteiger partial charge on any atom is -0.385 e. The number of aliphatic hydroxyl groups excluding tert-OH is 1. The van der Waals surface area contributed by atoms with Gasteiger partial charge < -0.3 is 10.8 Å². The Morgan fingerprint density at radius 2 is 2.38 bits per heavy atom. The van der Waals surface area contributed by atoms with E-state index in [4.69, 9.17) is 17.3 Å². The molecule has 2 atom stereocenters. The van der Waals surface area contributed by atoms with Crippen LogP contribution in [0.1, 0.15) is 25.1 Å². The number of hydrogen-bond acceptors (Lipinski definition) is 3. The molecule has 0 aliphatic carbocycles. The van der Waals surface area contributed by atoms with Crippen LogP contribution in [0.15, 0.2) is 18.3 Å². The Hall–Kier alpha value is -0.640. The average molecular weight is 201 g/mol. The molecule has 0 fully saturated rings. The Kier molecular flexibility index (Phi) is 3.66. The molecule has 1 heterocycles. The largest absolute Gasteiger partial charge is 0.385 e. The zero-order valence-electron chi connectivity index (χ0n) is 7.44. The van der Waals surface area contributed by atoms with Crippen LogP contribution in [-0.4, -0.2) is 16.1 Å². The Balaban J connectivity index is 2.88. The van der Waals surface area contributed by atoms with Gasteiger partial charge in [-0.25, -0.2) is 0 Å². The van der Waals surface area contributed by atoms with Crippen LogP contribution in [-0.2, 0) is 0 Å². The second-order valence-electron chi connectivity index (χ2n) is 2.89. The third-order valence-corrected chi connectivity index (χ3v) is 2.26. The third-order valence-electron chi connectivity index (χ3n) is 1.94. The van der Waals surface area contributed by atoms with Crippen LogP contribution >= 0.6 is 11.6 Å². The Morgan fingerprint density at radius 1 is 1.69 bits per heavy atom. The molecule has 0 saturated carbocycles. The van der Waals surface area contributed by atoms with Crippen molar-refractivity contribution in [3.05, 3.63) is 29.0 Å². The van der Waals surface area contributed by atoms with Crippen LogP contribution in [0.25, 0.3) is 0 Å². The monoisotopic (exact) mass is 200 g/mol. The number of halogens is 1. The molecule has 13 heavy (non-hydrogen) atoms. The van der Waals surface area contributed by atoms with Crippen molar-refractivity contribution in [2.75, 3.05) is 0 Å². The van der Waals surface area contributed by atoms with E-state index in [0.717, 1.165) is 0 Å². The Morgan fingerprint density at radius 3 is 2.92 bits per heavy atom. The first kappa shape index (κ1) is 10.4. The molecular weight excluding hydrogens is 188 g/mol. The summed E-state index contributed by atoms with van der Waals surface area (Å²) in [5.74, 6) is 0. The van der Waals surface area contributed by atoms with Gasteiger partial charge in [-0.15, -0.1) is 0 Å². The lowest BCUT2D eigenvalue weighted by Crippen LogP contribution is -2.28. The van der Waals surface area contributed by atoms with Gasteiger partial charge in [0.25, 0.3) is 0 Å². The summed E-state index contributed by atoms with van der Waals surface area (Å²) in [5.41, 5.74) is 6.13. The first-order chi connectivity index (χ1) is 6.16. The van der Waals surface area contributed by atoms with E-state index in [1.54, 1.807) is 18.3 Å². The highest BCUT2D eigenvalue weighted by Gasteiger charge is 2.18. The van der Waals surface area contributed by atoms with Gasteiger partial charge in [0.1, 0.15) is 6.10 Å². The number of nitrogens with two attached hydrogens (primary N) is 1. The van der Waals surface area contributed by atoms with E-state index in [2.05, 4.69) is 4.98 Å². The quantitative estimate of drug-likeness (QED) is 0.778. The standard InChI is InChI=1S/C9H13ClN2O/c1-2-7(11)9(13)8-6(10)4-3-5-12-8/h3-5,7,9,13H,2,11H2,1H3. The third kappa shape index (κ3) is 2.40. The van der Waals surface area contributed by atoms with Crippen LogP contribution < -0.4 is 5.73 Å². The fraction of sp³-hybridized carbons (Fsp3) is 0.444. The van der Waals surface area contributed by atoms with E-state index in [1.165, 1.54) is 0 Å². The normalized spacial score (nSPS) is 15.4. The molecule has 0 bridgehead atoms. The molecule has 1 aromatic heterocycles. The van der Waals surface area contributed by atoms with Crippen molar-refractivity contribution in [1.29, 1.82) is 0 Å². The minimum absolute atomic E-state index is 0.313. The van der Waals surface area contributed by atoms with Crippen molar-refractivity contribution < 1.29 is 5.11 Å². The van der Waals surface area contributed by atoms with Crippen molar-refractivity contribution in [3.8, 4) is 0 Å². The second kappa shape index (κ2) is 4.56. The summed E-state index contributed by atoms with van der Waals surface area (Å²) >= 11 is 5.84. The van der Waals surface area contributed by atoms with E-state index in [9.17, 15) is 5.11 Å². The van der Waals surface area contributed by atoms with Crippen LogP contribution in [0.2, 0.25) is 5.02 Å². The average Bonchev–Trinajstić information content (AvgIpc) is 2.16. The molecule has 1 aromatic rings. The molecule has 0 amide bonds. The first-order valence-corrected chi connectivity index (χ1v) is 4.58. The second-order valence-corrected chi connectivity index (χ2v) is 3.29. The number of pyridine rings is 1.